The van der Waals surface area contributed by atoms with Gasteiger partial charge in [-0.1, -0.05) is 97.1 Å². The van der Waals surface area contributed by atoms with Crippen molar-refractivity contribution in [2.45, 2.75) is 6.42 Å². The van der Waals surface area contributed by atoms with Crippen LogP contribution in [0.15, 0.2) is 128 Å². The molecule has 0 atom stereocenters. The summed E-state index contributed by atoms with van der Waals surface area (Å²) in [6.45, 7) is 3.64. The molecule has 0 nitrogen and oxygen atoms in total. The molecule has 0 N–H and O–H groups in total. The van der Waals surface area contributed by atoms with Gasteiger partial charge < -0.3 is 0 Å². The van der Waals surface area contributed by atoms with Gasteiger partial charge in [-0.05, 0) is 30.3 Å². The fraction of sp³-hybridized carbons (Fsp3) is 0.0370. The summed E-state index contributed by atoms with van der Waals surface area (Å²) in [4.78, 5) is 0. The predicted octanol–water partition coefficient (Wildman–Crippen LogP) is 5.66. The molecule has 29 heavy (non-hydrogen) atoms. The molecule has 0 radical (unpaired) electrons. The molecule has 0 aliphatic carbocycles. The fourth-order valence-electron chi connectivity index (χ4n) is 2.89. The molecule has 148 valence electrons. The largest absolute Gasteiger partial charge is 1.00 e. The van der Waals surface area contributed by atoms with Crippen molar-refractivity contribution in [1.82, 2.24) is 0 Å². The maximum absolute atomic E-state index is 3.64. The van der Waals surface area contributed by atoms with Crippen LogP contribution in [0.5, 0.6) is 0 Å². The maximum Gasteiger partial charge on any atom is 1.00 e. The zero-order chi connectivity index (χ0) is 19.4. The van der Waals surface area contributed by atoms with Gasteiger partial charge >= 0.3 is 22.4 Å². The zero-order valence-electron chi connectivity index (χ0n) is 16.2. The van der Waals surface area contributed by atoms with Crippen LogP contribution in [0.1, 0.15) is 5.56 Å². The standard InChI is InChI=1S/C18H15P.C9H9.Au/c1-4-10-16(11-5-1)19(17-12-6-2-7-13-17)18-14-8-3-9-15-18;1-2-6-9-7-4-3-5-8-9;/h1-15H;2-5,7H,1,6H2;/q;-1;+1. The first kappa shape index (κ1) is 23.1. The van der Waals surface area contributed by atoms with Gasteiger partial charge in [0, 0.05) is 0 Å². The van der Waals surface area contributed by atoms with Crippen LogP contribution < -0.4 is 15.9 Å². The van der Waals surface area contributed by atoms with Crippen molar-refractivity contribution in [3.05, 3.63) is 140 Å². The normalized spacial score (nSPS) is 9.69. The molecule has 0 aliphatic heterocycles. The van der Waals surface area contributed by atoms with Gasteiger partial charge in [0.25, 0.3) is 0 Å². The molecule has 0 saturated heterocycles. The van der Waals surface area contributed by atoms with Crippen molar-refractivity contribution in [2.75, 3.05) is 0 Å². The van der Waals surface area contributed by atoms with Gasteiger partial charge in [-0.25, -0.2) is 0 Å². The van der Waals surface area contributed by atoms with Gasteiger partial charge in [-0.3, -0.25) is 0 Å². The molecule has 4 aromatic carbocycles. The number of hydrogen-bond donors (Lipinski definition) is 0. The Hall–Kier alpha value is -2.21. The molecule has 0 aromatic heterocycles. The van der Waals surface area contributed by atoms with Crippen LogP contribution >= 0.6 is 7.92 Å². The SMILES string of the molecule is C=CCc1[c-]cccc1.[Au+].c1ccc(P(c2ccccc2)c2ccccc2)cc1. The third-order valence-electron chi connectivity index (χ3n) is 4.18. The molecule has 0 fully saturated rings. The first-order valence-corrected chi connectivity index (χ1v) is 10.7. The van der Waals surface area contributed by atoms with Crippen LogP contribution in [-0.2, 0) is 28.8 Å². The van der Waals surface area contributed by atoms with E-state index in [0.29, 0.717) is 0 Å². The number of hydrogen-bond acceptors (Lipinski definition) is 0. The van der Waals surface area contributed by atoms with Gasteiger partial charge in [0.2, 0.25) is 0 Å². The van der Waals surface area contributed by atoms with Crippen molar-refractivity contribution in [1.29, 1.82) is 0 Å². The van der Waals surface area contributed by atoms with E-state index >= 15 is 0 Å². The second-order valence-electron chi connectivity index (χ2n) is 6.22. The summed E-state index contributed by atoms with van der Waals surface area (Å²) in [5.74, 6) is 0. The Bertz CT molecular complexity index is 845. The molecular weight excluding hydrogens is 552 g/mol. The summed E-state index contributed by atoms with van der Waals surface area (Å²) >= 11 is 0. The second kappa shape index (κ2) is 13.1. The Kier molecular flexibility index (Phi) is 10.4. The topological polar surface area (TPSA) is 0 Å². The third-order valence-corrected chi connectivity index (χ3v) is 6.62. The van der Waals surface area contributed by atoms with Gasteiger partial charge in [0.1, 0.15) is 0 Å². The van der Waals surface area contributed by atoms with Gasteiger partial charge in [-0.15, -0.1) is 6.58 Å². The molecule has 0 aliphatic rings. The molecule has 4 rings (SSSR count). The van der Waals surface area contributed by atoms with E-state index < -0.39 is 7.92 Å². The predicted molar refractivity (Wildman–Crippen MR) is 124 cm³/mol. The molecule has 0 spiro atoms. The van der Waals surface area contributed by atoms with E-state index in [1.165, 1.54) is 21.5 Å². The van der Waals surface area contributed by atoms with Crippen LogP contribution in [0.3, 0.4) is 0 Å². The molecule has 0 bridgehead atoms. The summed E-state index contributed by atoms with van der Waals surface area (Å²) < 4.78 is 0. The Morgan fingerprint density at radius 1 is 0.621 bits per heavy atom. The molecule has 0 unspecified atom stereocenters. The van der Waals surface area contributed by atoms with E-state index in [2.05, 4.69) is 104 Å². The van der Waals surface area contributed by atoms with E-state index in [4.69, 9.17) is 0 Å². The van der Waals surface area contributed by atoms with E-state index in [1.807, 2.05) is 30.3 Å². The van der Waals surface area contributed by atoms with Crippen molar-refractivity contribution in [2.24, 2.45) is 0 Å². The van der Waals surface area contributed by atoms with Crippen LogP contribution in [0.2, 0.25) is 0 Å². The summed E-state index contributed by atoms with van der Waals surface area (Å²) in [6, 6.07) is 43.4. The minimum atomic E-state index is -0.446. The van der Waals surface area contributed by atoms with E-state index in [1.54, 1.807) is 0 Å². The minimum Gasteiger partial charge on any atom is -0.180 e. The molecule has 0 heterocycles. The smallest absolute Gasteiger partial charge is 0.180 e. The fourth-order valence-corrected chi connectivity index (χ4v) is 5.20. The van der Waals surface area contributed by atoms with Gasteiger partial charge in [0.15, 0.2) is 0 Å². The first-order chi connectivity index (χ1) is 13.9. The molecule has 4 aromatic rings. The Morgan fingerprint density at radius 2 is 1.03 bits per heavy atom. The summed E-state index contributed by atoms with van der Waals surface area (Å²) in [5.41, 5.74) is 1.20. The van der Waals surface area contributed by atoms with Gasteiger partial charge in [0.05, 0.1) is 0 Å². The number of rotatable bonds is 5. The average molecular weight is 576 g/mol. The van der Waals surface area contributed by atoms with Crippen LogP contribution in [0.4, 0.5) is 0 Å². The van der Waals surface area contributed by atoms with Crippen LogP contribution in [0, 0.1) is 6.07 Å². The average Bonchev–Trinajstić information content (AvgIpc) is 2.78. The molecular formula is C27H24AuP. The second-order valence-corrected chi connectivity index (χ2v) is 8.44. The Labute approximate surface area is 191 Å². The van der Waals surface area contributed by atoms with Crippen molar-refractivity contribution < 1.29 is 22.4 Å². The Balaban J connectivity index is 0.000000255. The minimum absolute atomic E-state index is 0. The molecule has 0 amide bonds. The first-order valence-electron chi connectivity index (χ1n) is 9.40. The summed E-state index contributed by atoms with van der Waals surface area (Å²) in [5, 5.41) is 4.19. The zero-order valence-corrected chi connectivity index (χ0v) is 19.3. The molecule has 2 heteroatoms. The number of allylic oxidation sites excluding steroid dienone is 1. The van der Waals surface area contributed by atoms with E-state index in [0.717, 1.165) is 6.42 Å². The van der Waals surface area contributed by atoms with Crippen LogP contribution in [-0.4, -0.2) is 0 Å². The van der Waals surface area contributed by atoms with Gasteiger partial charge in [-0.2, -0.15) is 35.9 Å². The van der Waals surface area contributed by atoms with Crippen molar-refractivity contribution in [3.8, 4) is 0 Å². The summed E-state index contributed by atoms with van der Waals surface area (Å²) in [7, 11) is -0.446. The third kappa shape index (κ3) is 7.28. The number of benzene rings is 4. The van der Waals surface area contributed by atoms with Crippen molar-refractivity contribution in [3.63, 3.8) is 0 Å². The summed E-state index contributed by atoms with van der Waals surface area (Å²) in [6.07, 6.45) is 2.80. The van der Waals surface area contributed by atoms with E-state index in [-0.39, 0.29) is 22.4 Å². The Morgan fingerprint density at radius 3 is 1.38 bits per heavy atom. The van der Waals surface area contributed by atoms with Crippen LogP contribution in [0.25, 0.3) is 0 Å². The monoisotopic (exact) mass is 576 g/mol. The van der Waals surface area contributed by atoms with E-state index in [9.17, 15) is 0 Å². The van der Waals surface area contributed by atoms with Crippen molar-refractivity contribution >= 4 is 23.8 Å². The maximum atomic E-state index is 3.64. The quantitative estimate of drug-likeness (QED) is 0.125. The molecule has 0 saturated carbocycles.